The van der Waals surface area contributed by atoms with Gasteiger partial charge in [0.25, 0.3) is 0 Å². The minimum Gasteiger partial charge on any atom is -0.308 e. The summed E-state index contributed by atoms with van der Waals surface area (Å²) in [6.45, 7) is -0.316. The molecular formula is C9H10FN. The third-order valence-electron chi connectivity index (χ3n) is 1.53. The molecule has 0 saturated heterocycles. The van der Waals surface area contributed by atoms with E-state index in [1.165, 1.54) is 6.21 Å². The summed E-state index contributed by atoms with van der Waals surface area (Å²) in [4.78, 5) is 0. The third-order valence-corrected chi connectivity index (χ3v) is 1.53. The summed E-state index contributed by atoms with van der Waals surface area (Å²) >= 11 is 0. The first-order valence-electron chi connectivity index (χ1n) is 3.52. The average molecular weight is 151 g/mol. The predicted molar refractivity (Wildman–Crippen MR) is 44.0 cm³/mol. The molecular weight excluding hydrogens is 141 g/mol. The van der Waals surface area contributed by atoms with Gasteiger partial charge in [0.05, 0.1) is 6.67 Å². The van der Waals surface area contributed by atoms with Gasteiger partial charge in [0.1, 0.15) is 0 Å². The van der Waals surface area contributed by atoms with E-state index < -0.39 is 0 Å². The quantitative estimate of drug-likeness (QED) is 0.640. The molecule has 2 heteroatoms. The Hall–Kier alpha value is -1.18. The van der Waals surface area contributed by atoms with Crippen LogP contribution in [0, 0.1) is 5.41 Å². The van der Waals surface area contributed by atoms with Gasteiger partial charge in [-0.2, -0.15) is 0 Å². The number of hydrogen-bond donors (Lipinski definition) is 1. The van der Waals surface area contributed by atoms with E-state index in [1.54, 1.807) is 0 Å². The van der Waals surface area contributed by atoms with Crippen molar-refractivity contribution in [1.29, 1.82) is 5.41 Å². The Bertz CT molecular complexity index is 228. The molecule has 1 rings (SSSR count). The summed E-state index contributed by atoms with van der Waals surface area (Å²) < 4.78 is 11.8. The highest BCUT2D eigenvalue weighted by molar-refractivity contribution is 5.76. The zero-order chi connectivity index (χ0) is 8.10. The van der Waals surface area contributed by atoms with Crippen LogP contribution in [0.15, 0.2) is 24.3 Å². The molecule has 0 atom stereocenters. The van der Waals surface area contributed by atoms with Crippen LogP contribution in [0.4, 0.5) is 4.39 Å². The molecule has 11 heavy (non-hydrogen) atoms. The highest BCUT2D eigenvalue weighted by Crippen LogP contribution is 2.02. The number of rotatable bonds is 3. The lowest BCUT2D eigenvalue weighted by Gasteiger charge is -1.96. The number of nitrogens with one attached hydrogen (secondary N) is 1. The van der Waals surface area contributed by atoms with Crippen LogP contribution in [-0.4, -0.2) is 12.9 Å². The Morgan fingerprint density at radius 2 is 1.91 bits per heavy atom. The summed E-state index contributed by atoms with van der Waals surface area (Å²) in [5.41, 5.74) is 1.84. The van der Waals surface area contributed by atoms with Crippen molar-refractivity contribution in [2.75, 3.05) is 6.67 Å². The fraction of sp³-hybridized carbons (Fsp3) is 0.222. The number of hydrogen-bond acceptors (Lipinski definition) is 1. The molecule has 0 fully saturated rings. The zero-order valence-electron chi connectivity index (χ0n) is 6.18. The van der Waals surface area contributed by atoms with Crippen molar-refractivity contribution in [2.45, 2.75) is 6.42 Å². The highest BCUT2D eigenvalue weighted by Gasteiger charge is 1.91. The molecule has 0 aliphatic carbocycles. The molecule has 1 N–H and O–H groups in total. The van der Waals surface area contributed by atoms with Crippen LogP contribution in [0.1, 0.15) is 11.1 Å². The Balaban J connectivity index is 2.74. The van der Waals surface area contributed by atoms with Crippen LogP contribution in [-0.2, 0) is 6.42 Å². The van der Waals surface area contributed by atoms with E-state index >= 15 is 0 Å². The summed E-state index contributed by atoms with van der Waals surface area (Å²) in [5.74, 6) is 0. The molecule has 0 amide bonds. The van der Waals surface area contributed by atoms with E-state index in [0.29, 0.717) is 6.42 Å². The maximum atomic E-state index is 11.8. The molecule has 0 saturated carbocycles. The van der Waals surface area contributed by atoms with Gasteiger partial charge in [0, 0.05) is 12.6 Å². The molecule has 0 radical (unpaired) electrons. The Kier molecular flexibility index (Phi) is 2.78. The summed E-state index contributed by atoms with van der Waals surface area (Å²) in [5, 5.41) is 6.92. The smallest absolute Gasteiger partial charge is 0.0934 e. The van der Waals surface area contributed by atoms with E-state index in [9.17, 15) is 4.39 Å². The standard InChI is InChI=1S/C9H10FN/c10-6-5-8-1-3-9(7-11)4-2-8/h1-4,7,11H,5-6H2. The van der Waals surface area contributed by atoms with Crippen molar-refractivity contribution >= 4 is 6.21 Å². The molecule has 0 aliphatic rings. The predicted octanol–water partition coefficient (Wildman–Crippen LogP) is 2.20. The Labute approximate surface area is 65.4 Å². The van der Waals surface area contributed by atoms with Gasteiger partial charge in [-0.3, -0.25) is 4.39 Å². The topological polar surface area (TPSA) is 23.9 Å². The van der Waals surface area contributed by atoms with Crippen molar-refractivity contribution in [3.05, 3.63) is 35.4 Å². The highest BCUT2D eigenvalue weighted by atomic mass is 19.1. The molecule has 58 valence electrons. The van der Waals surface area contributed by atoms with Crippen molar-refractivity contribution in [3.63, 3.8) is 0 Å². The maximum Gasteiger partial charge on any atom is 0.0934 e. The van der Waals surface area contributed by atoms with Gasteiger partial charge in [-0.1, -0.05) is 24.3 Å². The van der Waals surface area contributed by atoms with E-state index in [0.717, 1.165) is 11.1 Å². The molecule has 0 bridgehead atoms. The fourth-order valence-corrected chi connectivity index (χ4v) is 0.890. The number of benzene rings is 1. The van der Waals surface area contributed by atoms with Gasteiger partial charge in [-0.25, -0.2) is 0 Å². The lowest BCUT2D eigenvalue weighted by Crippen LogP contribution is -1.87. The second kappa shape index (κ2) is 3.86. The van der Waals surface area contributed by atoms with Crippen LogP contribution in [0.2, 0.25) is 0 Å². The van der Waals surface area contributed by atoms with E-state index in [2.05, 4.69) is 0 Å². The lowest BCUT2D eigenvalue weighted by atomic mass is 10.1. The first-order chi connectivity index (χ1) is 5.36. The van der Waals surface area contributed by atoms with Gasteiger partial charge in [0.15, 0.2) is 0 Å². The SMILES string of the molecule is N=Cc1ccc(CCF)cc1. The largest absolute Gasteiger partial charge is 0.308 e. The van der Waals surface area contributed by atoms with Gasteiger partial charge in [-0.15, -0.1) is 0 Å². The molecule has 1 nitrogen and oxygen atoms in total. The second-order valence-electron chi connectivity index (χ2n) is 2.32. The van der Waals surface area contributed by atoms with Gasteiger partial charge >= 0.3 is 0 Å². The van der Waals surface area contributed by atoms with Crippen molar-refractivity contribution in [3.8, 4) is 0 Å². The first kappa shape index (κ1) is 7.92. The maximum absolute atomic E-state index is 11.8. The van der Waals surface area contributed by atoms with Crippen molar-refractivity contribution in [2.24, 2.45) is 0 Å². The normalized spacial score (nSPS) is 9.55. The van der Waals surface area contributed by atoms with E-state index in [-0.39, 0.29) is 6.67 Å². The molecule has 0 unspecified atom stereocenters. The van der Waals surface area contributed by atoms with Crippen molar-refractivity contribution in [1.82, 2.24) is 0 Å². The average Bonchev–Trinajstić information content (AvgIpc) is 2.07. The molecule has 0 spiro atoms. The monoisotopic (exact) mass is 151 g/mol. The van der Waals surface area contributed by atoms with E-state index in [1.807, 2.05) is 24.3 Å². The molecule has 0 aliphatic heterocycles. The second-order valence-corrected chi connectivity index (χ2v) is 2.32. The molecule has 0 heterocycles. The minimum atomic E-state index is -0.316. The van der Waals surface area contributed by atoms with Crippen LogP contribution in [0.5, 0.6) is 0 Å². The molecule has 1 aromatic carbocycles. The van der Waals surface area contributed by atoms with Crippen LogP contribution >= 0.6 is 0 Å². The fourth-order valence-electron chi connectivity index (χ4n) is 0.890. The third kappa shape index (κ3) is 2.15. The zero-order valence-corrected chi connectivity index (χ0v) is 6.18. The summed E-state index contributed by atoms with van der Waals surface area (Å²) in [7, 11) is 0. The minimum absolute atomic E-state index is 0.316. The lowest BCUT2D eigenvalue weighted by molar-refractivity contribution is 0.495. The first-order valence-corrected chi connectivity index (χ1v) is 3.52. The number of halogens is 1. The Morgan fingerprint density at radius 3 is 2.36 bits per heavy atom. The van der Waals surface area contributed by atoms with Gasteiger partial charge < -0.3 is 5.41 Å². The van der Waals surface area contributed by atoms with Gasteiger partial charge in [0.2, 0.25) is 0 Å². The van der Waals surface area contributed by atoms with Crippen molar-refractivity contribution < 1.29 is 4.39 Å². The molecule has 0 aromatic heterocycles. The van der Waals surface area contributed by atoms with Crippen LogP contribution in [0.3, 0.4) is 0 Å². The van der Waals surface area contributed by atoms with Gasteiger partial charge in [-0.05, 0) is 11.1 Å². The molecule has 1 aromatic rings. The Morgan fingerprint density at radius 1 is 1.27 bits per heavy atom. The van der Waals surface area contributed by atoms with Crippen LogP contribution in [0.25, 0.3) is 0 Å². The number of alkyl halides is 1. The van der Waals surface area contributed by atoms with E-state index in [4.69, 9.17) is 5.41 Å². The van der Waals surface area contributed by atoms with Crippen LogP contribution < -0.4 is 0 Å². The number of aryl methyl sites for hydroxylation is 1. The summed E-state index contributed by atoms with van der Waals surface area (Å²) in [6.07, 6.45) is 1.75. The summed E-state index contributed by atoms with van der Waals surface area (Å²) in [6, 6.07) is 7.33.